The van der Waals surface area contributed by atoms with Crippen molar-refractivity contribution < 1.29 is 0 Å². The number of hydrogen-bond donors (Lipinski definition) is 1. The zero-order valence-corrected chi connectivity index (χ0v) is 12.5. The first-order valence-electron chi connectivity index (χ1n) is 6.97. The normalized spacial score (nSPS) is 23.7. The quantitative estimate of drug-likeness (QED) is 0.918. The third-order valence-corrected chi connectivity index (χ3v) is 4.93. The molecule has 1 aromatic carbocycles. The maximum Gasteiger partial charge on any atom is 0.0377 e. The first-order chi connectivity index (χ1) is 8.72. The minimum Gasteiger partial charge on any atom is -0.371 e. The Morgan fingerprint density at radius 3 is 2.89 bits per heavy atom. The fourth-order valence-electron chi connectivity index (χ4n) is 2.63. The van der Waals surface area contributed by atoms with Gasteiger partial charge in [0.05, 0.1) is 0 Å². The number of hydrogen-bond acceptors (Lipinski definition) is 2. The van der Waals surface area contributed by atoms with Crippen molar-refractivity contribution >= 4 is 21.6 Å². The van der Waals surface area contributed by atoms with Crippen LogP contribution in [0, 0.1) is 12.8 Å². The Kier molecular flexibility index (Phi) is 3.62. The van der Waals surface area contributed by atoms with E-state index in [1.165, 1.54) is 54.6 Å². The number of nitrogens with one attached hydrogen (secondary N) is 1. The molecule has 0 amide bonds. The average molecular weight is 309 g/mol. The van der Waals surface area contributed by atoms with Crippen molar-refractivity contribution in [3.63, 3.8) is 0 Å². The van der Waals surface area contributed by atoms with E-state index in [1.807, 2.05) is 0 Å². The second kappa shape index (κ2) is 5.22. The Morgan fingerprint density at radius 1 is 1.33 bits per heavy atom. The molecule has 1 N–H and O–H groups in total. The van der Waals surface area contributed by atoms with Gasteiger partial charge < -0.3 is 10.2 Å². The maximum atomic E-state index is 3.66. The van der Waals surface area contributed by atoms with Crippen molar-refractivity contribution in [3.8, 4) is 0 Å². The van der Waals surface area contributed by atoms with E-state index in [-0.39, 0.29) is 0 Å². The molecule has 1 aromatic rings. The van der Waals surface area contributed by atoms with E-state index in [1.54, 1.807) is 0 Å². The predicted molar refractivity (Wildman–Crippen MR) is 80.2 cm³/mol. The second-order valence-corrected chi connectivity index (χ2v) is 6.57. The van der Waals surface area contributed by atoms with Crippen LogP contribution in [0.15, 0.2) is 22.7 Å². The molecule has 2 nitrogen and oxygen atoms in total. The number of aryl methyl sites for hydroxylation is 1. The molecule has 1 saturated heterocycles. The molecule has 0 radical (unpaired) electrons. The van der Waals surface area contributed by atoms with Crippen molar-refractivity contribution in [2.75, 3.05) is 24.5 Å². The summed E-state index contributed by atoms with van der Waals surface area (Å²) >= 11 is 3.63. The van der Waals surface area contributed by atoms with Gasteiger partial charge in [0.25, 0.3) is 0 Å². The van der Waals surface area contributed by atoms with Crippen LogP contribution in [0.25, 0.3) is 0 Å². The van der Waals surface area contributed by atoms with Crippen molar-refractivity contribution in [1.82, 2.24) is 5.32 Å². The van der Waals surface area contributed by atoms with E-state index in [0.29, 0.717) is 0 Å². The highest BCUT2D eigenvalue weighted by molar-refractivity contribution is 9.10. The molecule has 1 atom stereocenters. The second-order valence-electron chi connectivity index (χ2n) is 5.72. The fraction of sp³-hybridized carbons (Fsp3) is 0.600. The number of anilines is 1. The summed E-state index contributed by atoms with van der Waals surface area (Å²) in [7, 11) is 0. The SMILES string of the molecule is Cc1ccc(N2CCC(CNC3CC3)C2)cc1Br. The van der Waals surface area contributed by atoms with E-state index in [0.717, 1.165) is 12.0 Å². The molecule has 1 aliphatic heterocycles. The molecule has 98 valence electrons. The molecule has 2 fully saturated rings. The summed E-state index contributed by atoms with van der Waals surface area (Å²) < 4.78 is 1.22. The van der Waals surface area contributed by atoms with Crippen molar-refractivity contribution in [1.29, 1.82) is 0 Å². The van der Waals surface area contributed by atoms with Gasteiger partial charge in [-0.1, -0.05) is 22.0 Å². The number of benzene rings is 1. The third-order valence-electron chi connectivity index (χ3n) is 4.08. The summed E-state index contributed by atoms with van der Waals surface area (Å²) in [5.41, 5.74) is 2.67. The van der Waals surface area contributed by atoms with Gasteiger partial charge in [0.1, 0.15) is 0 Å². The molecule has 0 bridgehead atoms. The lowest BCUT2D eigenvalue weighted by molar-refractivity contribution is 0.515. The summed E-state index contributed by atoms with van der Waals surface area (Å²) in [4.78, 5) is 2.52. The Morgan fingerprint density at radius 2 is 2.17 bits per heavy atom. The molecule has 0 spiro atoms. The molecule has 18 heavy (non-hydrogen) atoms. The number of rotatable bonds is 4. The molecule has 1 saturated carbocycles. The van der Waals surface area contributed by atoms with Crippen LogP contribution in [0.4, 0.5) is 5.69 Å². The van der Waals surface area contributed by atoms with Gasteiger partial charge in [-0.25, -0.2) is 0 Å². The molecule has 1 aliphatic carbocycles. The zero-order chi connectivity index (χ0) is 12.5. The van der Waals surface area contributed by atoms with Crippen LogP contribution < -0.4 is 10.2 Å². The van der Waals surface area contributed by atoms with Gasteiger partial charge in [-0.3, -0.25) is 0 Å². The van der Waals surface area contributed by atoms with Crippen LogP contribution in [-0.2, 0) is 0 Å². The Labute approximate surface area is 118 Å². The van der Waals surface area contributed by atoms with Crippen LogP contribution in [0.5, 0.6) is 0 Å². The number of halogens is 1. The van der Waals surface area contributed by atoms with Gasteiger partial charge in [-0.15, -0.1) is 0 Å². The Bertz CT molecular complexity index is 429. The van der Waals surface area contributed by atoms with Gasteiger partial charge >= 0.3 is 0 Å². The molecule has 1 unspecified atom stereocenters. The largest absolute Gasteiger partial charge is 0.371 e. The Hall–Kier alpha value is -0.540. The van der Waals surface area contributed by atoms with Crippen molar-refractivity contribution in [3.05, 3.63) is 28.2 Å². The van der Waals surface area contributed by atoms with E-state index >= 15 is 0 Å². The highest BCUT2D eigenvalue weighted by atomic mass is 79.9. The Balaban J connectivity index is 1.58. The summed E-state index contributed by atoms with van der Waals surface area (Å²) in [5, 5.41) is 3.66. The van der Waals surface area contributed by atoms with Crippen LogP contribution in [0.3, 0.4) is 0 Å². The zero-order valence-electron chi connectivity index (χ0n) is 11.0. The average Bonchev–Trinajstić information content (AvgIpc) is 3.08. The molecule has 3 rings (SSSR count). The monoisotopic (exact) mass is 308 g/mol. The van der Waals surface area contributed by atoms with Crippen LogP contribution in [0.1, 0.15) is 24.8 Å². The molecule has 2 aliphatic rings. The summed E-state index contributed by atoms with van der Waals surface area (Å²) in [6.45, 7) is 5.75. The minimum absolute atomic E-state index is 0.825. The molecular weight excluding hydrogens is 288 g/mol. The van der Waals surface area contributed by atoms with Crippen molar-refractivity contribution in [2.24, 2.45) is 5.92 Å². The van der Waals surface area contributed by atoms with Gasteiger partial charge in [0, 0.05) is 29.3 Å². The van der Waals surface area contributed by atoms with Crippen LogP contribution in [-0.4, -0.2) is 25.7 Å². The van der Waals surface area contributed by atoms with Crippen LogP contribution in [0.2, 0.25) is 0 Å². The van der Waals surface area contributed by atoms with Gasteiger partial charge in [-0.05, 0) is 56.3 Å². The molecule has 1 heterocycles. The highest BCUT2D eigenvalue weighted by Gasteiger charge is 2.26. The molecule has 0 aromatic heterocycles. The van der Waals surface area contributed by atoms with Gasteiger partial charge in [0.15, 0.2) is 0 Å². The first-order valence-corrected chi connectivity index (χ1v) is 7.76. The van der Waals surface area contributed by atoms with Gasteiger partial charge in [-0.2, -0.15) is 0 Å². The van der Waals surface area contributed by atoms with Crippen molar-refractivity contribution in [2.45, 2.75) is 32.2 Å². The standard InChI is InChI=1S/C15H21BrN2/c1-11-2-5-14(8-15(11)16)18-7-6-12(10-18)9-17-13-3-4-13/h2,5,8,12-13,17H,3-4,6-7,9-10H2,1H3. The van der Waals surface area contributed by atoms with Gasteiger partial charge in [0.2, 0.25) is 0 Å². The summed E-state index contributed by atoms with van der Waals surface area (Å²) in [5.74, 6) is 0.825. The smallest absolute Gasteiger partial charge is 0.0377 e. The lowest BCUT2D eigenvalue weighted by atomic mass is 10.1. The lowest BCUT2D eigenvalue weighted by Crippen LogP contribution is -2.27. The molecule has 3 heteroatoms. The fourth-order valence-corrected chi connectivity index (χ4v) is 3.00. The van der Waals surface area contributed by atoms with E-state index in [4.69, 9.17) is 0 Å². The third kappa shape index (κ3) is 2.89. The summed E-state index contributed by atoms with van der Waals surface area (Å²) in [6.07, 6.45) is 4.11. The van der Waals surface area contributed by atoms with E-state index in [2.05, 4.69) is 51.3 Å². The maximum absolute atomic E-state index is 3.66. The van der Waals surface area contributed by atoms with E-state index in [9.17, 15) is 0 Å². The number of nitrogens with zero attached hydrogens (tertiary/aromatic N) is 1. The van der Waals surface area contributed by atoms with E-state index < -0.39 is 0 Å². The lowest BCUT2D eigenvalue weighted by Gasteiger charge is -2.19. The highest BCUT2D eigenvalue weighted by Crippen LogP contribution is 2.28. The predicted octanol–water partition coefficient (Wildman–Crippen LogP) is 3.34. The minimum atomic E-state index is 0.825. The first kappa shape index (κ1) is 12.5. The van der Waals surface area contributed by atoms with Crippen LogP contribution >= 0.6 is 15.9 Å². The molecular formula is C15H21BrN2. The summed E-state index contributed by atoms with van der Waals surface area (Å²) in [6, 6.07) is 7.55. The topological polar surface area (TPSA) is 15.3 Å².